The standard InChI is InChI=1S/C19H21NO3/c1-11(2)16-12-8-6-7-9-14(12)20-17-13(16)10-15(21-3)18(22-4)19(17)23-5/h6-11H,1-5H3. The molecule has 0 unspecified atom stereocenters. The van der Waals surface area contributed by atoms with Gasteiger partial charge in [0.25, 0.3) is 0 Å². The van der Waals surface area contributed by atoms with Crippen molar-refractivity contribution in [3.8, 4) is 17.2 Å². The lowest BCUT2D eigenvalue weighted by Gasteiger charge is -2.19. The molecule has 2 aromatic carbocycles. The molecule has 4 heteroatoms. The lowest BCUT2D eigenvalue weighted by atomic mass is 9.93. The zero-order valence-corrected chi connectivity index (χ0v) is 14.1. The van der Waals surface area contributed by atoms with Crippen LogP contribution in [0.15, 0.2) is 30.3 Å². The molecule has 0 saturated heterocycles. The minimum Gasteiger partial charge on any atom is -0.493 e. The Balaban J connectivity index is 2.57. The number of rotatable bonds is 4. The predicted molar refractivity (Wildman–Crippen MR) is 93.0 cm³/mol. The first-order chi connectivity index (χ1) is 11.1. The Bertz CT molecular complexity index is 871. The number of fused-ring (bicyclic) bond motifs is 2. The van der Waals surface area contributed by atoms with Crippen LogP contribution in [-0.2, 0) is 0 Å². The summed E-state index contributed by atoms with van der Waals surface area (Å²) in [7, 11) is 4.87. The first-order valence-electron chi connectivity index (χ1n) is 7.63. The van der Waals surface area contributed by atoms with Gasteiger partial charge >= 0.3 is 0 Å². The van der Waals surface area contributed by atoms with Crippen LogP contribution in [0.1, 0.15) is 25.3 Å². The molecule has 0 radical (unpaired) electrons. The fourth-order valence-electron chi connectivity index (χ4n) is 3.14. The summed E-state index contributed by atoms with van der Waals surface area (Å²) >= 11 is 0. The summed E-state index contributed by atoms with van der Waals surface area (Å²) in [6.45, 7) is 4.37. The number of nitrogens with zero attached hydrogens (tertiary/aromatic N) is 1. The van der Waals surface area contributed by atoms with Crippen molar-refractivity contribution in [2.24, 2.45) is 0 Å². The van der Waals surface area contributed by atoms with Crippen LogP contribution in [0.25, 0.3) is 21.8 Å². The molecule has 0 bridgehead atoms. The van der Waals surface area contributed by atoms with E-state index >= 15 is 0 Å². The Hall–Kier alpha value is -2.49. The maximum absolute atomic E-state index is 5.61. The maximum Gasteiger partial charge on any atom is 0.205 e. The molecule has 23 heavy (non-hydrogen) atoms. The first-order valence-corrected chi connectivity index (χ1v) is 7.63. The van der Waals surface area contributed by atoms with Gasteiger partial charge in [0.1, 0.15) is 5.52 Å². The van der Waals surface area contributed by atoms with E-state index in [2.05, 4.69) is 19.9 Å². The first kappa shape index (κ1) is 15.4. The molecule has 1 aromatic heterocycles. The molecule has 4 nitrogen and oxygen atoms in total. The quantitative estimate of drug-likeness (QED) is 0.663. The Labute approximate surface area is 136 Å². The summed E-state index contributed by atoms with van der Waals surface area (Å²) in [5.74, 6) is 2.17. The van der Waals surface area contributed by atoms with Gasteiger partial charge in [0.2, 0.25) is 5.75 Å². The summed E-state index contributed by atoms with van der Waals surface area (Å²) in [6, 6.07) is 10.2. The zero-order chi connectivity index (χ0) is 16.6. The summed E-state index contributed by atoms with van der Waals surface area (Å²) in [5, 5.41) is 2.19. The average Bonchev–Trinajstić information content (AvgIpc) is 2.57. The summed E-state index contributed by atoms with van der Waals surface area (Å²) in [4.78, 5) is 4.81. The Morgan fingerprint density at radius 1 is 0.870 bits per heavy atom. The highest BCUT2D eigenvalue weighted by Crippen LogP contribution is 2.45. The van der Waals surface area contributed by atoms with E-state index < -0.39 is 0 Å². The molecular weight excluding hydrogens is 290 g/mol. The van der Waals surface area contributed by atoms with Crippen LogP contribution >= 0.6 is 0 Å². The van der Waals surface area contributed by atoms with Crippen LogP contribution in [0.3, 0.4) is 0 Å². The molecule has 0 aliphatic carbocycles. The molecule has 0 amide bonds. The van der Waals surface area contributed by atoms with Crippen LogP contribution in [0.2, 0.25) is 0 Å². The second kappa shape index (κ2) is 5.95. The summed E-state index contributed by atoms with van der Waals surface area (Å²) in [6.07, 6.45) is 0. The van der Waals surface area contributed by atoms with Crippen molar-refractivity contribution in [1.82, 2.24) is 4.98 Å². The van der Waals surface area contributed by atoms with Crippen molar-refractivity contribution in [3.63, 3.8) is 0 Å². The molecule has 120 valence electrons. The predicted octanol–water partition coefficient (Wildman–Crippen LogP) is 4.54. The number of hydrogen-bond donors (Lipinski definition) is 0. The van der Waals surface area contributed by atoms with Crippen molar-refractivity contribution < 1.29 is 14.2 Å². The van der Waals surface area contributed by atoms with Crippen LogP contribution in [0.4, 0.5) is 0 Å². The second-order valence-corrected chi connectivity index (χ2v) is 5.74. The highest BCUT2D eigenvalue weighted by Gasteiger charge is 2.21. The topological polar surface area (TPSA) is 40.6 Å². The largest absolute Gasteiger partial charge is 0.493 e. The highest BCUT2D eigenvalue weighted by molar-refractivity contribution is 6.02. The minimum absolute atomic E-state index is 0.341. The van der Waals surface area contributed by atoms with Crippen molar-refractivity contribution in [3.05, 3.63) is 35.9 Å². The maximum atomic E-state index is 5.61. The van der Waals surface area contributed by atoms with Gasteiger partial charge in [-0.25, -0.2) is 4.98 Å². The van der Waals surface area contributed by atoms with Gasteiger partial charge in [0.05, 0.1) is 26.8 Å². The smallest absolute Gasteiger partial charge is 0.205 e. The minimum atomic E-state index is 0.341. The molecule has 0 spiro atoms. The third kappa shape index (κ3) is 2.34. The number of ether oxygens (including phenoxy) is 3. The molecule has 3 rings (SSSR count). The van der Waals surface area contributed by atoms with Crippen LogP contribution < -0.4 is 14.2 Å². The SMILES string of the molecule is COc1cc2c(C(C)C)c3ccccc3nc2c(OC)c1OC. The second-order valence-electron chi connectivity index (χ2n) is 5.74. The summed E-state index contributed by atoms with van der Waals surface area (Å²) < 4.78 is 16.6. The van der Waals surface area contributed by atoms with E-state index in [-0.39, 0.29) is 0 Å². The Morgan fingerprint density at radius 2 is 1.57 bits per heavy atom. The van der Waals surface area contributed by atoms with E-state index in [1.807, 2.05) is 24.3 Å². The van der Waals surface area contributed by atoms with Crippen molar-refractivity contribution in [2.45, 2.75) is 19.8 Å². The molecule has 0 atom stereocenters. The molecule has 0 fully saturated rings. The number of aromatic nitrogens is 1. The average molecular weight is 311 g/mol. The molecule has 0 aliphatic rings. The third-order valence-electron chi connectivity index (χ3n) is 4.10. The van der Waals surface area contributed by atoms with E-state index in [9.17, 15) is 0 Å². The normalized spacial score (nSPS) is 11.2. The highest BCUT2D eigenvalue weighted by atomic mass is 16.5. The van der Waals surface area contributed by atoms with E-state index in [0.717, 1.165) is 21.8 Å². The number of para-hydroxylation sites is 1. The molecule has 0 aliphatic heterocycles. The van der Waals surface area contributed by atoms with Gasteiger partial charge in [0.15, 0.2) is 11.5 Å². The lowest BCUT2D eigenvalue weighted by molar-refractivity contribution is 0.327. The van der Waals surface area contributed by atoms with Crippen LogP contribution in [-0.4, -0.2) is 26.3 Å². The monoisotopic (exact) mass is 311 g/mol. The van der Waals surface area contributed by atoms with Gasteiger partial charge in [-0.15, -0.1) is 0 Å². The molecular formula is C19H21NO3. The van der Waals surface area contributed by atoms with Crippen molar-refractivity contribution >= 4 is 21.8 Å². The zero-order valence-electron chi connectivity index (χ0n) is 14.1. The molecule has 3 aromatic rings. The number of hydrogen-bond acceptors (Lipinski definition) is 4. The van der Waals surface area contributed by atoms with E-state index in [4.69, 9.17) is 19.2 Å². The van der Waals surface area contributed by atoms with Gasteiger partial charge in [-0.3, -0.25) is 0 Å². The Kier molecular flexibility index (Phi) is 3.99. The molecule has 0 N–H and O–H groups in total. The summed E-state index contributed by atoms with van der Waals surface area (Å²) in [5.41, 5.74) is 2.99. The van der Waals surface area contributed by atoms with Crippen molar-refractivity contribution in [2.75, 3.05) is 21.3 Å². The fraction of sp³-hybridized carbons (Fsp3) is 0.316. The van der Waals surface area contributed by atoms with Crippen molar-refractivity contribution in [1.29, 1.82) is 0 Å². The van der Waals surface area contributed by atoms with Gasteiger partial charge in [-0.1, -0.05) is 32.0 Å². The number of methoxy groups -OCH3 is 3. The van der Waals surface area contributed by atoms with Crippen LogP contribution in [0, 0.1) is 0 Å². The van der Waals surface area contributed by atoms with E-state index in [1.165, 1.54) is 5.56 Å². The molecule has 0 saturated carbocycles. The van der Waals surface area contributed by atoms with E-state index in [0.29, 0.717) is 23.2 Å². The Morgan fingerprint density at radius 3 is 2.17 bits per heavy atom. The number of pyridine rings is 1. The van der Waals surface area contributed by atoms with Crippen LogP contribution in [0.5, 0.6) is 17.2 Å². The lowest BCUT2D eigenvalue weighted by Crippen LogP contribution is -2.01. The van der Waals surface area contributed by atoms with Gasteiger partial charge in [-0.05, 0) is 23.6 Å². The number of benzene rings is 2. The van der Waals surface area contributed by atoms with Gasteiger partial charge in [0, 0.05) is 10.8 Å². The van der Waals surface area contributed by atoms with Gasteiger partial charge in [-0.2, -0.15) is 0 Å². The fourth-order valence-corrected chi connectivity index (χ4v) is 3.14. The van der Waals surface area contributed by atoms with E-state index in [1.54, 1.807) is 21.3 Å². The van der Waals surface area contributed by atoms with Gasteiger partial charge < -0.3 is 14.2 Å². The third-order valence-corrected chi connectivity index (χ3v) is 4.10. The molecule has 1 heterocycles.